The maximum absolute atomic E-state index is 10.9. The van der Waals surface area contributed by atoms with Crippen LogP contribution in [0.15, 0.2) is 12.2 Å². The van der Waals surface area contributed by atoms with Crippen molar-refractivity contribution in [3.8, 4) is 0 Å². The molecule has 0 rings (SSSR count). The Bertz CT molecular complexity index is 166. The Morgan fingerprint density at radius 3 is 2.50 bits per heavy atom. The number of alkyl halides is 2. The molecule has 0 N–H and O–H groups in total. The van der Waals surface area contributed by atoms with Gasteiger partial charge in [-0.3, -0.25) is 4.79 Å². The third kappa shape index (κ3) is 5.44. The van der Waals surface area contributed by atoms with Gasteiger partial charge in [0.25, 0.3) is 0 Å². The van der Waals surface area contributed by atoms with Crippen LogP contribution in [0.3, 0.4) is 0 Å². The Labute approximate surface area is 82.5 Å². The first-order chi connectivity index (χ1) is 5.57. The van der Waals surface area contributed by atoms with E-state index in [9.17, 15) is 4.79 Å². The van der Waals surface area contributed by atoms with E-state index in [4.69, 9.17) is 23.2 Å². The molecule has 0 fully saturated rings. The van der Waals surface area contributed by atoms with E-state index in [1.54, 1.807) is 19.9 Å². The van der Waals surface area contributed by atoms with Gasteiger partial charge in [0.1, 0.15) is 5.38 Å². The summed E-state index contributed by atoms with van der Waals surface area (Å²) in [4.78, 5) is 10.9. The van der Waals surface area contributed by atoms with Crippen LogP contribution in [0.4, 0.5) is 0 Å². The lowest BCUT2D eigenvalue weighted by molar-refractivity contribution is -0.141. The summed E-state index contributed by atoms with van der Waals surface area (Å²) in [5.74, 6) is -0.437. The summed E-state index contributed by atoms with van der Waals surface area (Å²) >= 11 is 11.2. The minimum atomic E-state index is -0.730. The van der Waals surface area contributed by atoms with Crippen molar-refractivity contribution in [1.29, 1.82) is 0 Å². The van der Waals surface area contributed by atoms with E-state index in [0.29, 0.717) is 6.61 Å². The lowest BCUT2D eigenvalue weighted by Crippen LogP contribution is -2.15. The highest BCUT2D eigenvalue weighted by Gasteiger charge is 2.12. The highest BCUT2D eigenvalue weighted by Crippen LogP contribution is 2.04. The first-order valence-electron chi connectivity index (χ1n) is 3.71. The molecule has 0 aromatic rings. The molecule has 0 bridgehead atoms. The molecule has 0 unspecified atom stereocenters. The molecule has 2 atom stereocenters. The fourth-order valence-corrected chi connectivity index (χ4v) is 0.782. The summed E-state index contributed by atoms with van der Waals surface area (Å²) in [6.07, 6.45) is 3.17. The predicted octanol–water partition coefficient (Wildman–Crippen LogP) is 2.34. The van der Waals surface area contributed by atoms with Crippen LogP contribution in [0.5, 0.6) is 0 Å². The molecule has 0 aliphatic rings. The van der Waals surface area contributed by atoms with Crippen LogP contribution >= 0.6 is 23.2 Å². The zero-order valence-electron chi connectivity index (χ0n) is 7.09. The molecule has 0 amide bonds. The second kappa shape index (κ2) is 6.32. The Hall–Kier alpha value is -0.210. The molecule has 0 saturated carbocycles. The average Bonchev–Trinajstić information content (AvgIpc) is 2.00. The SMILES string of the molecule is CCOC(=O)[C@@H](Cl)/C=C/[C@H](C)Cl. The summed E-state index contributed by atoms with van der Waals surface area (Å²) in [7, 11) is 0. The van der Waals surface area contributed by atoms with E-state index in [-0.39, 0.29) is 5.38 Å². The van der Waals surface area contributed by atoms with Gasteiger partial charge < -0.3 is 4.74 Å². The Morgan fingerprint density at radius 1 is 1.50 bits per heavy atom. The number of ether oxygens (including phenoxy) is 1. The molecular weight excluding hydrogens is 199 g/mol. The number of allylic oxidation sites excluding steroid dienone is 1. The van der Waals surface area contributed by atoms with Crippen LogP contribution < -0.4 is 0 Å². The number of rotatable bonds is 4. The van der Waals surface area contributed by atoms with Gasteiger partial charge in [0.05, 0.1) is 6.61 Å². The smallest absolute Gasteiger partial charge is 0.327 e. The molecule has 0 aliphatic heterocycles. The molecular formula is C8H12Cl2O2. The lowest BCUT2D eigenvalue weighted by Gasteiger charge is -2.03. The van der Waals surface area contributed by atoms with Crippen molar-refractivity contribution in [2.45, 2.75) is 24.6 Å². The van der Waals surface area contributed by atoms with Crippen LogP contribution in [0, 0.1) is 0 Å². The monoisotopic (exact) mass is 210 g/mol. The van der Waals surface area contributed by atoms with E-state index in [0.717, 1.165) is 0 Å². The molecule has 2 nitrogen and oxygen atoms in total. The van der Waals surface area contributed by atoms with Crippen LogP contribution in [0.1, 0.15) is 13.8 Å². The van der Waals surface area contributed by atoms with Crippen molar-refractivity contribution in [3.63, 3.8) is 0 Å². The zero-order chi connectivity index (χ0) is 9.56. The summed E-state index contributed by atoms with van der Waals surface area (Å²) in [5.41, 5.74) is 0. The molecule has 0 heterocycles. The average molecular weight is 211 g/mol. The van der Waals surface area contributed by atoms with Crippen molar-refractivity contribution < 1.29 is 9.53 Å². The molecule has 0 aromatic heterocycles. The van der Waals surface area contributed by atoms with Gasteiger partial charge in [-0.15, -0.1) is 23.2 Å². The predicted molar refractivity (Wildman–Crippen MR) is 50.7 cm³/mol. The minimum absolute atomic E-state index is 0.124. The fourth-order valence-electron chi connectivity index (χ4n) is 0.551. The first kappa shape index (κ1) is 11.8. The summed E-state index contributed by atoms with van der Waals surface area (Å²) in [6, 6.07) is 0. The maximum atomic E-state index is 10.9. The van der Waals surface area contributed by atoms with Crippen LogP contribution in [-0.2, 0) is 9.53 Å². The zero-order valence-corrected chi connectivity index (χ0v) is 8.60. The van der Waals surface area contributed by atoms with E-state index < -0.39 is 11.3 Å². The van der Waals surface area contributed by atoms with Gasteiger partial charge in [-0.1, -0.05) is 12.2 Å². The topological polar surface area (TPSA) is 26.3 Å². The quantitative estimate of drug-likeness (QED) is 0.405. The third-order valence-corrected chi connectivity index (χ3v) is 1.53. The molecule has 0 spiro atoms. The summed E-state index contributed by atoms with van der Waals surface area (Å²) in [6.45, 7) is 3.86. The van der Waals surface area contributed by atoms with Crippen molar-refractivity contribution >= 4 is 29.2 Å². The lowest BCUT2D eigenvalue weighted by atomic mass is 10.3. The standard InChI is InChI=1S/C8H12Cl2O2/c1-3-12-8(11)7(10)5-4-6(2)9/h4-7H,3H2,1-2H3/b5-4+/t6-,7-/m0/s1. The Kier molecular flexibility index (Phi) is 6.21. The molecule has 4 heteroatoms. The van der Waals surface area contributed by atoms with E-state index in [2.05, 4.69) is 4.74 Å². The van der Waals surface area contributed by atoms with Crippen molar-refractivity contribution in [2.24, 2.45) is 0 Å². The van der Waals surface area contributed by atoms with Gasteiger partial charge in [-0.25, -0.2) is 0 Å². The molecule has 12 heavy (non-hydrogen) atoms. The van der Waals surface area contributed by atoms with E-state index in [1.165, 1.54) is 6.08 Å². The second-order valence-electron chi connectivity index (χ2n) is 2.22. The third-order valence-electron chi connectivity index (χ3n) is 1.06. The van der Waals surface area contributed by atoms with Gasteiger partial charge in [0.15, 0.2) is 0 Å². The maximum Gasteiger partial charge on any atom is 0.327 e. The number of halogens is 2. The molecule has 0 aliphatic carbocycles. The van der Waals surface area contributed by atoms with Crippen LogP contribution in [-0.4, -0.2) is 23.3 Å². The number of carbonyl (C=O) groups excluding carboxylic acids is 1. The highest BCUT2D eigenvalue weighted by atomic mass is 35.5. The van der Waals surface area contributed by atoms with Crippen molar-refractivity contribution in [2.75, 3.05) is 6.61 Å². The van der Waals surface area contributed by atoms with Gasteiger partial charge in [0, 0.05) is 5.38 Å². The highest BCUT2D eigenvalue weighted by molar-refractivity contribution is 6.31. The number of hydrogen-bond acceptors (Lipinski definition) is 2. The first-order valence-corrected chi connectivity index (χ1v) is 4.58. The molecule has 70 valence electrons. The van der Waals surface area contributed by atoms with Gasteiger partial charge in [0.2, 0.25) is 0 Å². The van der Waals surface area contributed by atoms with Crippen LogP contribution in [0.25, 0.3) is 0 Å². The summed E-state index contributed by atoms with van der Waals surface area (Å²) < 4.78 is 4.67. The van der Waals surface area contributed by atoms with Crippen molar-refractivity contribution in [1.82, 2.24) is 0 Å². The second-order valence-corrected chi connectivity index (χ2v) is 3.37. The minimum Gasteiger partial charge on any atom is -0.465 e. The van der Waals surface area contributed by atoms with E-state index in [1.807, 2.05) is 0 Å². The molecule has 0 aromatic carbocycles. The fraction of sp³-hybridized carbons (Fsp3) is 0.625. The Balaban J connectivity index is 3.86. The van der Waals surface area contributed by atoms with Crippen LogP contribution in [0.2, 0.25) is 0 Å². The number of hydrogen-bond donors (Lipinski definition) is 0. The molecule has 0 radical (unpaired) electrons. The summed E-state index contributed by atoms with van der Waals surface area (Å²) in [5, 5.41) is -0.855. The van der Waals surface area contributed by atoms with E-state index >= 15 is 0 Å². The Morgan fingerprint density at radius 2 is 2.08 bits per heavy atom. The normalized spacial score (nSPS) is 16.0. The number of carbonyl (C=O) groups is 1. The van der Waals surface area contributed by atoms with Gasteiger partial charge in [-0.2, -0.15) is 0 Å². The molecule has 0 saturated heterocycles. The van der Waals surface area contributed by atoms with Crippen molar-refractivity contribution in [3.05, 3.63) is 12.2 Å². The number of esters is 1. The van der Waals surface area contributed by atoms with Gasteiger partial charge in [-0.05, 0) is 13.8 Å². The largest absolute Gasteiger partial charge is 0.465 e. The van der Waals surface area contributed by atoms with Gasteiger partial charge >= 0.3 is 5.97 Å².